The van der Waals surface area contributed by atoms with Crippen LogP contribution in [-0.4, -0.2) is 30.5 Å². The van der Waals surface area contributed by atoms with Crippen molar-refractivity contribution in [2.75, 3.05) is 6.61 Å². The zero-order valence-corrected chi connectivity index (χ0v) is 14.7. The first kappa shape index (κ1) is 17.7. The lowest BCUT2D eigenvalue weighted by Gasteiger charge is -2.14. The van der Waals surface area contributed by atoms with Gasteiger partial charge < -0.3 is 4.74 Å². The molecular formula is C18H19FN2O3S. The zero-order valence-electron chi connectivity index (χ0n) is 13.9. The van der Waals surface area contributed by atoms with E-state index in [9.17, 15) is 12.8 Å². The second-order valence-electron chi connectivity index (χ2n) is 6.17. The summed E-state index contributed by atoms with van der Waals surface area (Å²) in [5.41, 5.74) is 1.58. The van der Waals surface area contributed by atoms with Crippen LogP contribution < -0.4 is 0 Å². The number of nitrogens with zero attached hydrogens (tertiary/aromatic N) is 2. The van der Waals surface area contributed by atoms with E-state index in [1.165, 1.54) is 12.1 Å². The molecule has 1 aliphatic rings. The Morgan fingerprint density at radius 3 is 2.56 bits per heavy atom. The molecule has 2 aromatic rings. The molecule has 0 N–H and O–H groups in total. The summed E-state index contributed by atoms with van der Waals surface area (Å²) in [6.07, 6.45) is 2.09. The van der Waals surface area contributed by atoms with Crippen molar-refractivity contribution in [3.63, 3.8) is 0 Å². The molecular weight excluding hydrogens is 343 g/mol. The van der Waals surface area contributed by atoms with E-state index < -0.39 is 20.6 Å². The van der Waals surface area contributed by atoms with E-state index in [4.69, 9.17) is 4.74 Å². The van der Waals surface area contributed by atoms with Gasteiger partial charge in [0.05, 0.1) is 30.8 Å². The van der Waals surface area contributed by atoms with Crippen molar-refractivity contribution < 1.29 is 17.5 Å². The van der Waals surface area contributed by atoms with Gasteiger partial charge in [0.25, 0.3) is 10.0 Å². The average Bonchev–Trinajstić information content (AvgIpc) is 3.38. The number of benzene rings is 1. The van der Waals surface area contributed by atoms with E-state index in [0.29, 0.717) is 25.1 Å². The van der Waals surface area contributed by atoms with Crippen molar-refractivity contribution in [3.8, 4) is 0 Å². The molecule has 1 fully saturated rings. The van der Waals surface area contributed by atoms with Crippen molar-refractivity contribution in [2.24, 2.45) is 4.40 Å². The Morgan fingerprint density at radius 1 is 1.24 bits per heavy atom. The normalized spacial score (nSPS) is 16.6. The Balaban J connectivity index is 1.68. The fraction of sp³-hybridized carbons (Fsp3) is 0.333. The monoisotopic (exact) mass is 362 g/mol. The molecule has 0 radical (unpaired) electrons. The van der Waals surface area contributed by atoms with Crippen LogP contribution in [0.2, 0.25) is 0 Å². The van der Waals surface area contributed by atoms with Gasteiger partial charge in [-0.25, -0.2) is 12.8 Å². The van der Waals surface area contributed by atoms with E-state index in [0.717, 1.165) is 11.8 Å². The smallest absolute Gasteiger partial charge is 0.261 e. The fourth-order valence-corrected chi connectivity index (χ4v) is 3.96. The van der Waals surface area contributed by atoms with Gasteiger partial charge in [-0.2, -0.15) is 4.40 Å². The first-order chi connectivity index (χ1) is 11.9. The first-order valence-electron chi connectivity index (χ1n) is 7.97. The van der Waals surface area contributed by atoms with E-state index in [1.807, 2.05) is 30.3 Å². The summed E-state index contributed by atoms with van der Waals surface area (Å²) in [7, 11) is -3.73. The molecule has 0 bridgehead atoms. The van der Waals surface area contributed by atoms with Crippen LogP contribution in [0.3, 0.4) is 0 Å². The lowest BCUT2D eigenvalue weighted by molar-refractivity contribution is 0.116. The molecule has 3 rings (SSSR count). The summed E-state index contributed by atoms with van der Waals surface area (Å²) in [6.45, 7) is 2.02. The summed E-state index contributed by atoms with van der Waals surface area (Å²) in [5.74, 6) is -0.479. The molecule has 0 atom stereocenters. The maximum absolute atomic E-state index is 12.9. The average molecular weight is 362 g/mol. The molecule has 7 heteroatoms. The minimum Gasteiger partial charge on any atom is -0.375 e. The molecule has 1 aliphatic carbocycles. The third kappa shape index (κ3) is 4.11. The fourth-order valence-electron chi connectivity index (χ4n) is 2.46. The summed E-state index contributed by atoms with van der Waals surface area (Å²) in [4.78, 5) is 3.87. The van der Waals surface area contributed by atoms with Crippen LogP contribution in [0.25, 0.3) is 0 Å². The van der Waals surface area contributed by atoms with E-state index in [1.54, 1.807) is 6.92 Å². The van der Waals surface area contributed by atoms with Gasteiger partial charge in [0.15, 0.2) is 0 Å². The number of halogens is 1. The minimum atomic E-state index is -3.73. The Labute approximate surface area is 146 Å². The van der Waals surface area contributed by atoms with Crippen LogP contribution >= 0.6 is 0 Å². The van der Waals surface area contributed by atoms with Gasteiger partial charge in [0, 0.05) is 0 Å². The molecule has 132 valence electrons. The van der Waals surface area contributed by atoms with Crippen LogP contribution in [0.15, 0.2) is 53.1 Å². The highest BCUT2D eigenvalue weighted by Gasteiger charge is 2.55. The Bertz CT molecular complexity index is 861. The largest absolute Gasteiger partial charge is 0.375 e. The quantitative estimate of drug-likeness (QED) is 0.710. The molecule has 25 heavy (non-hydrogen) atoms. The van der Waals surface area contributed by atoms with Crippen LogP contribution in [0, 0.1) is 5.82 Å². The molecule has 0 saturated heterocycles. The molecule has 0 spiro atoms. The molecule has 5 nitrogen and oxygen atoms in total. The number of aromatic nitrogens is 1. The summed E-state index contributed by atoms with van der Waals surface area (Å²) in [5, 5.41) is 0. The van der Waals surface area contributed by atoms with E-state index in [2.05, 4.69) is 9.38 Å². The zero-order chi connectivity index (χ0) is 17.9. The molecule has 1 heterocycles. The highest BCUT2D eigenvalue weighted by molar-refractivity contribution is 7.92. The number of pyridine rings is 1. The summed E-state index contributed by atoms with van der Waals surface area (Å²) < 4.78 is 46.8. The molecule has 0 aliphatic heterocycles. The van der Waals surface area contributed by atoms with E-state index in [-0.39, 0.29) is 12.3 Å². The summed E-state index contributed by atoms with van der Waals surface area (Å²) in [6, 6.07) is 12.2. The lowest BCUT2D eigenvalue weighted by atomic mass is 10.2. The first-order valence-corrected chi connectivity index (χ1v) is 9.41. The van der Waals surface area contributed by atoms with E-state index >= 15 is 0 Å². The summed E-state index contributed by atoms with van der Waals surface area (Å²) >= 11 is 0. The van der Waals surface area contributed by atoms with Crippen molar-refractivity contribution >= 4 is 15.7 Å². The van der Waals surface area contributed by atoms with Gasteiger partial charge >= 0.3 is 0 Å². The highest BCUT2D eigenvalue weighted by Crippen LogP contribution is 2.45. The van der Waals surface area contributed by atoms with Crippen LogP contribution in [0.4, 0.5) is 4.39 Å². The number of ether oxygens (including phenoxy) is 1. The predicted octanol–water partition coefficient (Wildman–Crippen LogP) is 3.11. The Hall–Kier alpha value is -2.12. The van der Waals surface area contributed by atoms with Crippen molar-refractivity contribution in [1.29, 1.82) is 0 Å². The van der Waals surface area contributed by atoms with Crippen molar-refractivity contribution in [2.45, 2.75) is 31.1 Å². The molecule has 1 aromatic carbocycles. The standard InChI is InChI=1S/C18H19FN2O3S/c1-14(17-8-7-16(19)11-20-17)21-25(22,23)18(9-10-18)13-24-12-15-5-3-2-4-6-15/h2-8,11H,9-10,12-13H2,1H3/b21-14+. The Morgan fingerprint density at radius 2 is 1.96 bits per heavy atom. The van der Waals surface area contributed by atoms with Crippen LogP contribution in [0.5, 0.6) is 0 Å². The van der Waals surface area contributed by atoms with Gasteiger partial charge in [0.1, 0.15) is 10.6 Å². The van der Waals surface area contributed by atoms with Gasteiger partial charge in [0.2, 0.25) is 0 Å². The van der Waals surface area contributed by atoms with Gasteiger partial charge in [-0.15, -0.1) is 0 Å². The van der Waals surface area contributed by atoms with Gasteiger partial charge in [-0.3, -0.25) is 4.98 Å². The molecule has 1 aromatic heterocycles. The second-order valence-corrected chi connectivity index (χ2v) is 8.17. The third-order valence-corrected chi connectivity index (χ3v) is 6.32. The van der Waals surface area contributed by atoms with Crippen molar-refractivity contribution in [3.05, 3.63) is 65.7 Å². The maximum atomic E-state index is 12.9. The van der Waals surface area contributed by atoms with Crippen molar-refractivity contribution in [1.82, 2.24) is 4.98 Å². The number of hydrogen-bond donors (Lipinski definition) is 0. The number of hydrogen-bond acceptors (Lipinski definition) is 4. The third-order valence-electron chi connectivity index (χ3n) is 4.19. The topological polar surface area (TPSA) is 68.6 Å². The van der Waals surface area contributed by atoms with Gasteiger partial charge in [-0.05, 0) is 37.5 Å². The predicted molar refractivity (Wildman–Crippen MR) is 93.4 cm³/mol. The maximum Gasteiger partial charge on any atom is 0.261 e. The highest BCUT2D eigenvalue weighted by atomic mass is 32.2. The van der Waals surface area contributed by atoms with Crippen LogP contribution in [0.1, 0.15) is 31.0 Å². The Kier molecular flexibility index (Phi) is 4.96. The SMILES string of the molecule is C/C(=N\S(=O)(=O)C1(COCc2ccccc2)CC1)c1ccc(F)cn1. The van der Waals surface area contributed by atoms with Crippen LogP contribution in [-0.2, 0) is 21.4 Å². The van der Waals surface area contributed by atoms with Gasteiger partial charge in [-0.1, -0.05) is 30.3 Å². The number of sulfonamides is 1. The lowest BCUT2D eigenvalue weighted by Crippen LogP contribution is -2.28. The minimum absolute atomic E-state index is 0.109. The molecule has 1 saturated carbocycles. The number of rotatable bonds is 7. The second kappa shape index (κ2) is 7.01. The molecule has 0 unspecified atom stereocenters. The molecule has 0 amide bonds.